The molecule has 1 N–H and O–H groups in total. The van der Waals surface area contributed by atoms with Gasteiger partial charge in [-0.1, -0.05) is 23.7 Å². The molecule has 1 heterocycles. The zero-order valence-electron chi connectivity index (χ0n) is 10.6. The minimum atomic E-state index is 0.807. The van der Waals surface area contributed by atoms with Crippen molar-refractivity contribution in [3.8, 4) is 0 Å². The van der Waals surface area contributed by atoms with Gasteiger partial charge in [-0.05, 0) is 36.2 Å². The number of thiophene rings is 1. The Morgan fingerprint density at radius 3 is 2.78 bits per heavy atom. The number of halogens is 1. The highest BCUT2D eigenvalue weighted by Crippen LogP contribution is 2.27. The van der Waals surface area contributed by atoms with Gasteiger partial charge in [0.1, 0.15) is 0 Å². The normalized spacial score (nSPS) is 10.6. The molecule has 96 valence electrons. The van der Waals surface area contributed by atoms with E-state index in [1.54, 1.807) is 11.3 Å². The molecule has 4 heteroatoms. The molecule has 0 amide bonds. The van der Waals surface area contributed by atoms with Crippen LogP contribution in [-0.4, -0.2) is 14.1 Å². The van der Waals surface area contributed by atoms with Crippen LogP contribution >= 0.6 is 22.9 Å². The molecule has 0 aliphatic heterocycles. The van der Waals surface area contributed by atoms with Crippen LogP contribution in [0.2, 0.25) is 5.02 Å². The van der Waals surface area contributed by atoms with Crippen LogP contribution in [0.5, 0.6) is 0 Å². The number of benzene rings is 1. The molecule has 0 unspecified atom stereocenters. The van der Waals surface area contributed by atoms with E-state index in [9.17, 15) is 0 Å². The first-order chi connectivity index (χ1) is 8.70. The number of hydrogen-bond acceptors (Lipinski definition) is 3. The molecular formula is C14H17ClN2S. The van der Waals surface area contributed by atoms with Crippen molar-refractivity contribution in [2.45, 2.75) is 13.1 Å². The highest BCUT2D eigenvalue weighted by Gasteiger charge is 2.08. The molecule has 2 aromatic rings. The standard InChI is InChI=1S/C14H17ClN2S/c1-16-9-11-5-6-14(13(15)8-11)17(2)10-12-4-3-7-18-12/h3-8,16H,9-10H2,1-2H3. The molecule has 0 atom stereocenters. The van der Waals surface area contributed by atoms with Crippen LogP contribution in [0, 0.1) is 0 Å². The second-order valence-corrected chi connectivity index (χ2v) is 5.69. The van der Waals surface area contributed by atoms with Crippen molar-refractivity contribution in [2.75, 3.05) is 19.0 Å². The average Bonchev–Trinajstić information content (AvgIpc) is 2.82. The van der Waals surface area contributed by atoms with Gasteiger partial charge in [-0.2, -0.15) is 0 Å². The minimum Gasteiger partial charge on any atom is -0.368 e. The molecule has 1 aromatic carbocycles. The average molecular weight is 281 g/mol. The van der Waals surface area contributed by atoms with Crippen molar-refractivity contribution in [3.63, 3.8) is 0 Å². The molecule has 1 aromatic heterocycles. The second kappa shape index (κ2) is 6.23. The topological polar surface area (TPSA) is 15.3 Å². The van der Waals surface area contributed by atoms with E-state index >= 15 is 0 Å². The third-order valence-electron chi connectivity index (χ3n) is 2.78. The molecule has 0 radical (unpaired) electrons. The van der Waals surface area contributed by atoms with Crippen molar-refractivity contribution in [1.29, 1.82) is 0 Å². The van der Waals surface area contributed by atoms with Gasteiger partial charge in [0.2, 0.25) is 0 Å². The molecule has 0 spiro atoms. The van der Waals surface area contributed by atoms with Gasteiger partial charge in [0.15, 0.2) is 0 Å². The summed E-state index contributed by atoms with van der Waals surface area (Å²) in [4.78, 5) is 3.52. The van der Waals surface area contributed by atoms with Crippen molar-refractivity contribution >= 4 is 28.6 Å². The van der Waals surface area contributed by atoms with E-state index < -0.39 is 0 Å². The Hall–Kier alpha value is -1.03. The zero-order chi connectivity index (χ0) is 13.0. The molecule has 2 nitrogen and oxygen atoms in total. The van der Waals surface area contributed by atoms with E-state index in [1.165, 1.54) is 10.4 Å². The van der Waals surface area contributed by atoms with Crippen LogP contribution in [-0.2, 0) is 13.1 Å². The van der Waals surface area contributed by atoms with Crippen molar-refractivity contribution in [1.82, 2.24) is 5.32 Å². The number of rotatable bonds is 5. The maximum atomic E-state index is 6.33. The SMILES string of the molecule is CNCc1ccc(N(C)Cc2cccs2)c(Cl)c1. The van der Waals surface area contributed by atoms with Crippen molar-refractivity contribution in [2.24, 2.45) is 0 Å². The summed E-state index contributed by atoms with van der Waals surface area (Å²) in [5.41, 5.74) is 2.28. The maximum Gasteiger partial charge on any atom is 0.0642 e. The summed E-state index contributed by atoms with van der Waals surface area (Å²) in [5.74, 6) is 0. The fourth-order valence-electron chi connectivity index (χ4n) is 1.90. The molecule has 0 aliphatic carbocycles. The van der Waals surface area contributed by atoms with Gasteiger partial charge in [-0.3, -0.25) is 0 Å². The van der Waals surface area contributed by atoms with Crippen LogP contribution in [0.15, 0.2) is 35.7 Å². The third kappa shape index (κ3) is 3.25. The summed E-state index contributed by atoms with van der Waals surface area (Å²) in [6, 6.07) is 10.4. The predicted molar refractivity (Wildman–Crippen MR) is 80.6 cm³/mol. The zero-order valence-corrected chi connectivity index (χ0v) is 12.2. The quantitative estimate of drug-likeness (QED) is 0.897. The van der Waals surface area contributed by atoms with Gasteiger partial charge >= 0.3 is 0 Å². The van der Waals surface area contributed by atoms with E-state index in [-0.39, 0.29) is 0 Å². The Morgan fingerprint density at radius 2 is 2.17 bits per heavy atom. The van der Waals surface area contributed by atoms with Gasteiger partial charge < -0.3 is 10.2 Å². The summed E-state index contributed by atoms with van der Waals surface area (Å²) in [6.07, 6.45) is 0. The maximum absolute atomic E-state index is 6.33. The van der Waals surface area contributed by atoms with Gasteiger partial charge in [-0.25, -0.2) is 0 Å². The predicted octanol–water partition coefficient (Wildman–Crippen LogP) is 3.76. The Balaban J connectivity index is 2.12. The largest absolute Gasteiger partial charge is 0.368 e. The molecule has 0 fully saturated rings. The molecule has 18 heavy (non-hydrogen) atoms. The third-order valence-corrected chi connectivity index (χ3v) is 3.94. The molecule has 2 rings (SSSR count). The lowest BCUT2D eigenvalue weighted by Gasteiger charge is -2.20. The smallest absolute Gasteiger partial charge is 0.0642 e. The van der Waals surface area contributed by atoms with Crippen LogP contribution < -0.4 is 10.2 Å². The van der Waals surface area contributed by atoms with E-state index in [0.29, 0.717) is 0 Å². The van der Waals surface area contributed by atoms with Crippen LogP contribution in [0.25, 0.3) is 0 Å². The van der Waals surface area contributed by atoms with E-state index in [0.717, 1.165) is 23.8 Å². The second-order valence-electron chi connectivity index (χ2n) is 4.25. The van der Waals surface area contributed by atoms with E-state index in [1.807, 2.05) is 13.1 Å². The van der Waals surface area contributed by atoms with E-state index in [2.05, 4.69) is 46.9 Å². The summed E-state index contributed by atoms with van der Waals surface area (Å²) in [5, 5.41) is 6.03. The fourth-order valence-corrected chi connectivity index (χ4v) is 3.00. The Labute approximate surface area is 117 Å². The first-order valence-corrected chi connectivity index (χ1v) is 7.13. The monoisotopic (exact) mass is 280 g/mol. The summed E-state index contributed by atoms with van der Waals surface area (Å²) in [7, 11) is 4.00. The van der Waals surface area contributed by atoms with Crippen molar-refractivity contribution in [3.05, 3.63) is 51.2 Å². The Bertz CT molecular complexity index is 497. The summed E-state index contributed by atoms with van der Waals surface area (Å²) >= 11 is 8.10. The first kappa shape index (κ1) is 13.4. The molecule has 0 aliphatic rings. The highest BCUT2D eigenvalue weighted by molar-refractivity contribution is 7.09. The molecule has 0 bridgehead atoms. The number of hydrogen-bond donors (Lipinski definition) is 1. The molecule has 0 saturated heterocycles. The first-order valence-electron chi connectivity index (χ1n) is 5.87. The summed E-state index contributed by atoms with van der Waals surface area (Å²) in [6.45, 7) is 1.73. The highest BCUT2D eigenvalue weighted by atomic mass is 35.5. The van der Waals surface area contributed by atoms with E-state index in [4.69, 9.17) is 11.6 Å². The molecule has 0 saturated carbocycles. The van der Waals surface area contributed by atoms with Crippen LogP contribution in [0.3, 0.4) is 0 Å². The number of anilines is 1. The van der Waals surface area contributed by atoms with Crippen LogP contribution in [0.4, 0.5) is 5.69 Å². The summed E-state index contributed by atoms with van der Waals surface area (Å²) < 4.78 is 0. The van der Waals surface area contributed by atoms with Gasteiger partial charge in [0.05, 0.1) is 17.3 Å². The Morgan fingerprint density at radius 1 is 1.33 bits per heavy atom. The van der Waals surface area contributed by atoms with Gasteiger partial charge in [0.25, 0.3) is 0 Å². The fraction of sp³-hybridized carbons (Fsp3) is 0.286. The number of nitrogens with zero attached hydrogens (tertiary/aromatic N) is 1. The minimum absolute atomic E-state index is 0.807. The van der Waals surface area contributed by atoms with Crippen LogP contribution in [0.1, 0.15) is 10.4 Å². The van der Waals surface area contributed by atoms with Gasteiger partial charge in [0, 0.05) is 18.5 Å². The Kier molecular flexibility index (Phi) is 4.64. The lowest BCUT2D eigenvalue weighted by Crippen LogP contribution is -2.16. The molecular weight excluding hydrogens is 264 g/mol. The lowest BCUT2D eigenvalue weighted by atomic mass is 10.2. The number of nitrogens with one attached hydrogen (secondary N) is 1. The van der Waals surface area contributed by atoms with Gasteiger partial charge in [-0.15, -0.1) is 11.3 Å². The van der Waals surface area contributed by atoms with Crippen molar-refractivity contribution < 1.29 is 0 Å². The lowest BCUT2D eigenvalue weighted by molar-refractivity contribution is 0.817.